The van der Waals surface area contributed by atoms with Gasteiger partial charge in [0.2, 0.25) is 0 Å². The van der Waals surface area contributed by atoms with Crippen LogP contribution < -0.4 is 11.1 Å². The predicted molar refractivity (Wildman–Crippen MR) is 82.9 cm³/mol. The van der Waals surface area contributed by atoms with E-state index in [2.05, 4.69) is 24.1 Å². The number of nitrogen functional groups attached to an aromatic ring is 1. The number of nitrogens with two attached hydrogens (primary N) is 1. The van der Waals surface area contributed by atoms with E-state index in [9.17, 15) is 4.79 Å². The number of carbonyl (C=O) groups excluding carboxylic acids is 1. The third-order valence-corrected chi connectivity index (χ3v) is 5.23. The van der Waals surface area contributed by atoms with Crippen molar-refractivity contribution >= 4 is 32.6 Å². The van der Waals surface area contributed by atoms with Gasteiger partial charge >= 0.3 is 0 Å². The van der Waals surface area contributed by atoms with Crippen LogP contribution in [0.5, 0.6) is 0 Å². The van der Waals surface area contributed by atoms with E-state index in [4.69, 9.17) is 5.73 Å². The Morgan fingerprint density at radius 2 is 2.25 bits per heavy atom. The van der Waals surface area contributed by atoms with E-state index in [1.165, 1.54) is 24.2 Å². The normalized spacial score (nSPS) is 16.6. The van der Waals surface area contributed by atoms with Crippen molar-refractivity contribution in [3.8, 4) is 0 Å². The van der Waals surface area contributed by atoms with Crippen LogP contribution in [0.4, 0.5) is 5.13 Å². The van der Waals surface area contributed by atoms with Gasteiger partial charge in [-0.15, -0.1) is 0 Å². The third kappa shape index (κ3) is 2.38. The summed E-state index contributed by atoms with van der Waals surface area (Å²) in [6.07, 6.45) is 2.44. The molecule has 106 valence electrons. The molecule has 3 rings (SSSR count). The minimum absolute atomic E-state index is 0.00852. The average Bonchev–Trinajstić information content (AvgIpc) is 3.11. The number of rotatable bonds is 4. The van der Waals surface area contributed by atoms with Crippen LogP contribution in [0.1, 0.15) is 37.0 Å². The molecule has 0 saturated heterocycles. The number of fused-ring (bicyclic) bond motifs is 1. The van der Waals surface area contributed by atoms with Gasteiger partial charge in [-0.1, -0.05) is 25.2 Å². The lowest BCUT2D eigenvalue weighted by atomic mass is 9.92. The van der Waals surface area contributed by atoms with Crippen LogP contribution >= 0.6 is 11.3 Å². The van der Waals surface area contributed by atoms with Gasteiger partial charge in [0.05, 0.1) is 10.2 Å². The maximum Gasteiger partial charge on any atom is 0.251 e. The molecule has 5 heteroatoms. The summed E-state index contributed by atoms with van der Waals surface area (Å²) >= 11 is 1.41. The second-order valence-corrected chi connectivity index (χ2v) is 7.00. The number of amides is 1. The molecule has 1 aliphatic rings. The van der Waals surface area contributed by atoms with Crippen LogP contribution in [0.2, 0.25) is 0 Å². The van der Waals surface area contributed by atoms with Crippen LogP contribution in [0, 0.1) is 11.3 Å². The highest BCUT2D eigenvalue weighted by atomic mass is 32.1. The summed E-state index contributed by atoms with van der Waals surface area (Å²) < 4.78 is 0.958. The molecule has 0 unspecified atom stereocenters. The molecule has 1 heterocycles. The Balaban J connectivity index is 1.72. The van der Waals surface area contributed by atoms with Crippen molar-refractivity contribution in [2.24, 2.45) is 11.3 Å². The number of hydrogen-bond acceptors (Lipinski definition) is 4. The molecule has 1 aliphatic carbocycles. The molecule has 1 aromatic carbocycles. The minimum Gasteiger partial charge on any atom is -0.375 e. The van der Waals surface area contributed by atoms with Gasteiger partial charge in [-0.2, -0.15) is 0 Å². The Morgan fingerprint density at radius 3 is 2.90 bits per heavy atom. The number of hydrogen-bond donors (Lipinski definition) is 2. The molecule has 20 heavy (non-hydrogen) atoms. The fraction of sp³-hybridized carbons (Fsp3) is 0.467. The second-order valence-electron chi connectivity index (χ2n) is 5.93. The molecule has 0 bridgehead atoms. The Labute approximate surface area is 122 Å². The minimum atomic E-state index is -0.00852. The molecule has 3 N–H and O–H groups in total. The quantitative estimate of drug-likeness (QED) is 0.909. The first-order valence-electron chi connectivity index (χ1n) is 6.94. The zero-order valence-electron chi connectivity index (χ0n) is 11.8. The molecule has 1 fully saturated rings. The van der Waals surface area contributed by atoms with Crippen LogP contribution in [0.15, 0.2) is 18.2 Å². The van der Waals surface area contributed by atoms with E-state index >= 15 is 0 Å². The predicted octanol–water partition coefficient (Wildman–Crippen LogP) is 3.04. The lowest BCUT2D eigenvalue weighted by Gasteiger charge is -2.19. The summed E-state index contributed by atoms with van der Waals surface area (Å²) in [5.74, 6) is 0.609. The summed E-state index contributed by atoms with van der Waals surface area (Å²) in [5.41, 5.74) is 7.54. The highest BCUT2D eigenvalue weighted by Crippen LogP contribution is 2.51. The van der Waals surface area contributed by atoms with Gasteiger partial charge in [0, 0.05) is 12.1 Å². The summed E-state index contributed by atoms with van der Waals surface area (Å²) in [7, 11) is 0. The monoisotopic (exact) mass is 289 g/mol. The molecule has 0 aliphatic heterocycles. The number of nitrogens with one attached hydrogen (secondary N) is 1. The first-order valence-corrected chi connectivity index (χ1v) is 7.76. The lowest BCUT2D eigenvalue weighted by molar-refractivity contribution is 0.0940. The zero-order valence-corrected chi connectivity index (χ0v) is 12.6. The highest BCUT2D eigenvalue weighted by molar-refractivity contribution is 7.22. The van der Waals surface area contributed by atoms with Crippen molar-refractivity contribution in [2.45, 2.75) is 26.7 Å². The Hall–Kier alpha value is -1.62. The van der Waals surface area contributed by atoms with Crippen LogP contribution in [0.25, 0.3) is 10.2 Å². The summed E-state index contributed by atoms with van der Waals surface area (Å²) in [4.78, 5) is 16.4. The molecule has 2 aromatic rings. The molecule has 4 nitrogen and oxygen atoms in total. The zero-order chi connectivity index (χ0) is 14.3. The number of carbonyl (C=O) groups is 1. The summed E-state index contributed by atoms with van der Waals surface area (Å²) in [6.45, 7) is 5.23. The van der Waals surface area contributed by atoms with Crippen molar-refractivity contribution in [1.29, 1.82) is 0 Å². The second kappa shape index (κ2) is 4.74. The van der Waals surface area contributed by atoms with Crippen LogP contribution in [-0.2, 0) is 0 Å². The van der Waals surface area contributed by atoms with E-state index in [1.54, 1.807) is 0 Å². The molecule has 1 saturated carbocycles. The number of benzene rings is 1. The van der Waals surface area contributed by atoms with Gasteiger partial charge in [0.25, 0.3) is 5.91 Å². The van der Waals surface area contributed by atoms with E-state index < -0.39 is 0 Å². The number of anilines is 1. The van der Waals surface area contributed by atoms with Crippen molar-refractivity contribution in [3.63, 3.8) is 0 Å². The SMILES string of the molecule is CC(C)C1(CNC(=O)c2ccc3nc(N)sc3c2)CC1. The smallest absolute Gasteiger partial charge is 0.251 e. The molecular weight excluding hydrogens is 270 g/mol. The Morgan fingerprint density at radius 1 is 1.50 bits per heavy atom. The molecule has 0 atom stereocenters. The van der Waals surface area contributed by atoms with E-state index in [1.807, 2.05) is 18.2 Å². The average molecular weight is 289 g/mol. The van der Waals surface area contributed by atoms with Crippen molar-refractivity contribution in [1.82, 2.24) is 10.3 Å². The Kier molecular flexibility index (Phi) is 3.17. The van der Waals surface area contributed by atoms with Crippen molar-refractivity contribution in [2.75, 3.05) is 12.3 Å². The number of thiazole rings is 1. The number of nitrogens with zero attached hydrogens (tertiary/aromatic N) is 1. The van der Waals surface area contributed by atoms with Gasteiger partial charge < -0.3 is 11.1 Å². The van der Waals surface area contributed by atoms with Crippen molar-refractivity contribution < 1.29 is 4.79 Å². The Bertz CT molecular complexity index is 658. The largest absolute Gasteiger partial charge is 0.375 e. The van der Waals surface area contributed by atoms with Gasteiger partial charge in [-0.3, -0.25) is 4.79 Å². The maximum absolute atomic E-state index is 12.2. The van der Waals surface area contributed by atoms with E-state index in [-0.39, 0.29) is 5.91 Å². The molecule has 0 radical (unpaired) electrons. The van der Waals surface area contributed by atoms with Gasteiger partial charge in [-0.25, -0.2) is 4.98 Å². The molecule has 1 aromatic heterocycles. The van der Waals surface area contributed by atoms with E-state index in [0.717, 1.165) is 16.8 Å². The maximum atomic E-state index is 12.2. The third-order valence-electron chi connectivity index (χ3n) is 4.39. The summed E-state index contributed by atoms with van der Waals surface area (Å²) in [6, 6.07) is 5.53. The molecular formula is C15H19N3OS. The van der Waals surface area contributed by atoms with Gasteiger partial charge in [-0.05, 0) is 42.4 Å². The standard InChI is InChI=1S/C15H19N3OS/c1-9(2)15(5-6-15)8-17-13(19)10-3-4-11-12(7-10)20-14(16)18-11/h3-4,7,9H,5-6,8H2,1-2H3,(H2,16,18)(H,17,19). The lowest BCUT2D eigenvalue weighted by Crippen LogP contribution is -2.32. The van der Waals surface area contributed by atoms with Gasteiger partial charge in [0.1, 0.15) is 0 Å². The van der Waals surface area contributed by atoms with Crippen LogP contribution in [-0.4, -0.2) is 17.4 Å². The first-order chi connectivity index (χ1) is 9.50. The van der Waals surface area contributed by atoms with Gasteiger partial charge in [0.15, 0.2) is 5.13 Å². The van der Waals surface area contributed by atoms with E-state index in [0.29, 0.717) is 22.0 Å². The fourth-order valence-electron chi connectivity index (χ4n) is 2.56. The fourth-order valence-corrected chi connectivity index (χ4v) is 3.33. The number of aromatic nitrogens is 1. The first kappa shape index (κ1) is 13.4. The molecule has 0 spiro atoms. The highest BCUT2D eigenvalue weighted by Gasteiger charge is 2.45. The summed E-state index contributed by atoms with van der Waals surface area (Å²) in [5, 5.41) is 3.60. The van der Waals surface area contributed by atoms with Crippen molar-refractivity contribution in [3.05, 3.63) is 23.8 Å². The topological polar surface area (TPSA) is 68.0 Å². The van der Waals surface area contributed by atoms with Crippen LogP contribution in [0.3, 0.4) is 0 Å². The molecule has 1 amide bonds.